The van der Waals surface area contributed by atoms with E-state index in [1.807, 2.05) is 12.1 Å². The van der Waals surface area contributed by atoms with Gasteiger partial charge in [-0.2, -0.15) is 0 Å². The molecule has 0 saturated carbocycles. The van der Waals surface area contributed by atoms with Gasteiger partial charge in [0.2, 0.25) is 5.88 Å². The van der Waals surface area contributed by atoms with E-state index in [9.17, 15) is 4.39 Å². The van der Waals surface area contributed by atoms with E-state index in [1.54, 1.807) is 19.4 Å². The first kappa shape index (κ1) is 14.4. The van der Waals surface area contributed by atoms with Crippen LogP contribution >= 0.6 is 0 Å². The van der Waals surface area contributed by atoms with Crippen LogP contribution in [0.4, 0.5) is 4.39 Å². The van der Waals surface area contributed by atoms with E-state index in [-0.39, 0.29) is 11.9 Å². The van der Waals surface area contributed by atoms with E-state index in [1.165, 1.54) is 12.3 Å². The lowest BCUT2D eigenvalue weighted by molar-refractivity contribution is 0.396. The van der Waals surface area contributed by atoms with E-state index >= 15 is 0 Å². The summed E-state index contributed by atoms with van der Waals surface area (Å²) < 4.78 is 18.0. The molecule has 1 unspecified atom stereocenters. The highest BCUT2D eigenvalue weighted by molar-refractivity contribution is 5.20. The summed E-state index contributed by atoms with van der Waals surface area (Å²) >= 11 is 0. The predicted molar refractivity (Wildman–Crippen MR) is 74.9 cm³/mol. The number of nitrogens with zero attached hydrogens (tertiary/aromatic N) is 2. The van der Waals surface area contributed by atoms with E-state index in [4.69, 9.17) is 4.74 Å². The number of halogens is 1. The van der Waals surface area contributed by atoms with Crippen LogP contribution in [0.5, 0.6) is 5.88 Å². The van der Waals surface area contributed by atoms with Gasteiger partial charge in [0.15, 0.2) is 0 Å². The Morgan fingerprint density at radius 2 is 2.15 bits per heavy atom. The van der Waals surface area contributed by atoms with E-state index in [0.29, 0.717) is 12.4 Å². The zero-order valence-corrected chi connectivity index (χ0v) is 11.6. The molecule has 5 heteroatoms. The van der Waals surface area contributed by atoms with Gasteiger partial charge in [-0.05, 0) is 30.2 Å². The molecule has 2 heterocycles. The summed E-state index contributed by atoms with van der Waals surface area (Å²) in [5.41, 5.74) is 1.92. The normalized spacial score (nSPS) is 12.2. The highest BCUT2D eigenvalue weighted by Crippen LogP contribution is 2.16. The molecule has 106 valence electrons. The molecule has 1 atom stereocenters. The van der Waals surface area contributed by atoms with Crippen LogP contribution in [0.2, 0.25) is 0 Å². The maximum absolute atomic E-state index is 12.9. The Labute approximate surface area is 118 Å². The van der Waals surface area contributed by atoms with E-state index in [0.717, 1.165) is 17.7 Å². The molecule has 4 nitrogen and oxygen atoms in total. The Kier molecular flexibility index (Phi) is 5.01. The number of hydrogen-bond donors (Lipinski definition) is 1. The van der Waals surface area contributed by atoms with Gasteiger partial charge in [-0.1, -0.05) is 6.92 Å². The third-order valence-electron chi connectivity index (χ3n) is 3.08. The molecule has 0 aliphatic heterocycles. The summed E-state index contributed by atoms with van der Waals surface area (Å²) in [6.07, 6.45) is 3.84. The predicted octanol–water partition coefficient (Wildman–Crippen LogP) is 2.87. The molecule has 2 rings (SSSR count). The summed E-state index contributed by atoms with van der Waals surface area (Å²) in [5, 5.41) is 3.40. The Bertz CT molecular complexity index is 545. The first-order chi connectivity index (χ1) is 9.72. The largest absolute Gasteiger partial charge is 0.481 e. The summed E-state index contributed by atoms with van der Waals surface area (Å²) in [6, 6.07) is 7.05. The van der Waals surface area contributed by atoms with Gasteiger partial charge >= 0.3 is 0 Å². The Hall–Kier alpha value is -2.01. The number of pyridine rings is 2. The number of hydrogen-bond acceptors (Lipinski definition) is 4. The van der Waals surface area contributed by atoms with Crippen molar-refractivity contribution in [2.24, 2.45) is 0 Å². The second kappa shape index (κ2) is 6.96. The third kappa shape index (κ3) is 3.74. The van der Waals surface area contributed by atoms with Crippen LogP contribution in [0.3, 0.4) is 0 Å². The van der Waals surface area contributed by atoms with Crippen molar-refractivity contribution in [1.29, 1.82) is 0 Å². The van der Waals surface area contributed by atoms with Crippen LogP contribution in [0.1, 0.15) is 30.6 Å². The van der Waals surface area contributed by atoms with Crippen LogP contribution in [-0.2, 0) is 6.54 Å². The number of rotatable bonds is 6. The van der Waals surface area contributed by atoms with Crippen molar-refractivity contribution in [3.8, 4) is 5.88 Å². The molecule has 0 amide bonds. The summed E-state index contributed by atoms with van der Waals surface area (Å²) in [4.78, 5) is 8.19. The summed E-state index contributed by atoms with van der Waals surface area (Å²) in [7, 11) is 1.59. The molecule has 2 aromatic heterocycles. The lowest BCUT2D eigenvalue weighted by atomic mass is 10.1. The lowest BCUT2D eigenvalue weighted by Crippen LogP contribution is -2.21. The SMILES string of the molecule is CCC(NCc1ccnc(OC)c1)c1ccc(F)cn1. The van der Waals surface area contributed by atoms with Crippen molar-refractivity contribution in [2.75, 3.05) is 7.11 Å². The number of nitrogens with one attached hydrogen (secondary N) is 1. The molecule has 0 aliphatic rings. The Balaban J connectivity index is 2.01. The maximum Gasteiger partial charge on any atom is 0.213 e. The molecule has 1 N–H and O–H groups in total. The fraction of sp³-hybridized carbons (Fsp3) is 0.333. The van der Waals surface area contributed by atoms with Crippen LogP contribution in [0.15, 0.2) is 36.7 Å². The van der Waals surface area contributed by atoms with Gasteiger partial charge < -0.3 is 10.1 Å². The second-order valence-electron chi connectivity index (χ2n) is 4.45. The molecular weight excluding hydrogens is 257 g/mol. The quantitative estimate of drug-likeness (QED) is 0.880. The topological polar surface area (TPSA) is 47.0 Å². The molecule has 0 radical (unpaired) electrons. The average Bonchev–Trinajstić information content (AvgIpc) is 2.50. The molecule has 0 aliphatic carbocycles. The zero-order valence-electron chi connectivity index (χ0n) is 11.6. The molecule has 20 heavy (non-hydrogen) atoms. The number of aromatic nitrogens is 2. The fourth-order valence-corrected chi connectivity index (χ4v) is 1.96. The second-order valence-corrected chi connectivity index (χ2v) is 4.45. The lowest BCUT2D eigenvalue weighted by Gasteiger charge is -2.16. The Morgan fingerprint density at radius 1 is 1.30 bits per heavy atom. The molecule has 0 fully saturated rings. The van der Waals surface area contributed by atoms with E-state index < -0.39 is 0 Å². The molecule has 0 spiro atoms. The smallest absolute Gasteiger partial charge is 0.213 e. The highest BCUT2D eigenvalue weighted by atomic mass is 19.1. The van der Waals surface area contributed by atoms with Gasteiger partial charge in [0.1, 0.15) is 5.82 Å². The maximum atomic E-state index is 12.9. The van der Waals surface area contributed by atoms with Crippen molar-refractivity contribution < 1.29 is 9.13 Å². The van der Waals surface area contributed by atoms with Crippen LogP contribution in [0.25, 0.3) is 0 Å². The molecule has 2 aromatic rings. The van der Waals surface area contributed by atoms with Gasteiger partial charge in [0, 0.05) is 24.8 Å². The van der Waals surface area contributed by atoms with Gasteiger partial charge in [0.25, 0.3) is 0 Å². The van der Waals surface area contributed by atoms with Crippen LogP contribution < -0.4 is 10.1 Å². The average molecular weight is 275 g/mol. The monoisotopic (exact) mass is 275 g/mol. The molecule has 0 bridgehead atoms. The highest BCUT2D eigenvalue weighted by Gasteiger charge is 2.10. The molecular formula is C15H18FN3O. The Morgan fingerprint density at radius 3 is 2.80 bits per heavy atom. The van der Waals surface area contributed by atoms with Crippen molar-refractivity contribution in [2.45, 2.75) is 25.9 Å². The van der Waals surface area contributed by atoms with Crippen LogP contribution in [-0.4, -0.2) is 17.1 Å². The van der Waals surface area contributed by atoms with Crippen molar-refractivity contribution in [3.05, 3.63) is 53.7 Å². The van der Waals surface area contributed by atoms with Crippen LogP contribution in [0, 0.1) is 5.82 Å². The molecule has 0 saturated heterocycles. The summed E-state index contributed by atoms with van der Waals surface area (Å²) in [5.74, 6) is 0.278. The minimum Gasteiger partial charge on any atom is -0.481 e. The standard InChI is InChI=1S/C15H18FN3O/c1-3-13(14-5-4-12(16)10-19-14)18-9-11-6-7-17-15(8-11)20-2/h4-8,10,13,18H,3,9H2,1-2H3. The fourth-order valence-electron chi connectivity index (χ4n) is 1.96. The van der Waals surface area contributed by atoms with Crippen molar-refractivity contribution in [1.82, 2.24) is 15.3 Å². The van der Waals surface area contributed by atoms with Gasteiger partial charge in [-0.25, -0.2) is 9.37 Å². The molecule has 0 aromatic carbocycles. The van der Waals surface area contributed by atoms with Crippen molar-refractivity contribution >= 4 is 0 Å². The minimum atomic E-state index is -0.317. The number of methoxy groups -OCH3 is 1. The summed E-state index contributed by atoms with van der Waals surface area (Å²) in [6.45, 7) is 2.74. The first-order valence-electron chi connectivity index (χ1n) is 6.56. The van der Waals surface area contributed by atoms with Crippen molar-refractivity contribution in [3.63, 3.8) is 0 Å². The van der Waals surface area contributed by atoms with Gasteiger partial charge in [-0.15, -0.1) is 0 Å². The minimum absolute atomic E-state index is 0.0924. The number of ether oxygens (including phenoxy) is 1. The van der Waals surface area contributed by atoms with E-state index in [2.05, 4.69) is 22.2 Å². The zero-order chi connectivity index (χ0) is 14.4. The van der Waals surface area contributed by atoms with Gasteiger partial charge in [-0.3, -0.25) is 4.98 Å². The third-order valence-corrected chi connectivity index (χ3v) is 3.08. The first-order valence-corrected chi connectivity index (χ1v) is 6.56. The van der Waals surface area contributed by atoms with Gasteiger partial charge in [0.05, 0.1) is 19.0 Å².